The average molecular weight is 983 g/mol. The average Bonchev–Trinajstić information content (AvgIpc) is 3.48. The molecule has 1 aliphatic heterocycles. The first-order chi connectivity index (χ1) is 33.5. The van der Waals surface area contributed by atoms with E-state index >= 15 is 0 Å². The maximum absolute atomic E-state index is 13.5. The van der Waals surface area contributed by atoms with Gasteiger partial charge in [-0.15, -0.1) is 0 Å². The fourth-order valence-corrected chi connectivity index (χ4v) is 5.71. The minimum Gasteiger partial charge on any atom is -0.460 e. The van der Waals surface area contributed by atoms with Crippen molar-refractivity contribution in [1.82, 2.24) is 10.4 Å². The predicted molar refractivity (Wildman–Crippen MR) is 257 cm³/mol. The quantitative estimate of drug-likeness (QED) is 0.0317. The molecule has 69 heavy (non-hydrogen) atoms. The molecule has 0 aliphatic carbocycles. The third kappa shape index (κ3) is 31.3. The van der Waals surface area contributed by atoms with Crippen molar-refractivity contribution in [1.29, 1.82) is 5.41 Å². The van der Waals surface area contributed by atoms with Crippen LogP contribution < -0.4 is 16.8 Å². The Hall–Kier alpha value is -4.59. The van der Waals surface area contributed by atoms with E-state index in [1.165, 1.54) is 11.3 Å². The van der Waals surface area contributed by atoms with Crippen molar-refractivity contribution < 1.29 is 76.1 Å². The first kappa shape index (κ1) is 60.5. The molecule has 22 heteroatoms. The summed E-state index contributed by atoms with van der Waals surface area (Å²) in [6.07, 6.45) is 4.56. The van der Waals surface area contributed by atoms with Gasteiger partial charge in [-0.3, -0.25) is 14.4 Å². The smallest absolute Gasteiger partial charge is 0.407 e. The van der Waals surface area contributed by atoms with Crippen LogP contribution in [0.4, 0.5) is 10.5 Å². The van der Waals surface area contributed by atoms with Gasteiger partial charge in [0.2, 0.25) is 0 Å². The van der Waals surface area contributed by atoms with Crippen molar-refractivity contribution in [2.45, 2.75) is 52.6 Å². The first-order valence-electron chi connectivity index (χ1n) is 23.4. The Kier molecular flexibility index (Phi) is 34.4. The number of amides is 2. The number of hydrogen-bond acceptors (Lipinski definition) is 20. The van der Waals surface area contributed by atoms with Crippen LogP contribution in [0.2, 0.25) is 0 Å². The van der Waals surface area contributed by atoms with Crippen LogP contribution in [0.5, 0.6) is 0 Å². The summed E-state index contributed by atoms with van der Waals surface area (Å²) < 4.78 is 65.0. The lowest BCUT2D eigenvalue weighted by Crippen LogP contribution is -2.37. The monoisotopic (exact) mass is 983 g/mol. The molecule has 6 N–H and O–H groups in total. The lowest BCUT2D eigenvalue weighted by atomic mass is 10.0. The molecule has 1 heterocycles. The van der Waals surface area contributed by atoms with Gasteiger partial charge in [-0.2, -0.15) is 0 Å². The number of nitrogens with one attached hydrogen (secondary N) is 2. The highest BCUT2D eigenvalue weighted by Gasteiger charge is 2.23. The molecular weight excluding hydrogens is 905 g/mol. The van der Waals surface area contributed by atoms with E-state index in [0.717, 1.165) is 6.21 Å². The zero-order valence-electron chi connectivity index (χ0n) is 41.1. The summed E-state index contributed by atoms with van der Waals surface area (Å²) in [4.78, 5) is 47.4. The Morgan fingerprint density at radius 2 is 1.17 bits per heavy atom. The van der Waals surface area contributed by atoms with Crippen molar-refractivity contribution in [3.63, 3.8) is 0 Å². The molecule has 1 aromatic rings. The van der Waals surface area contributed by atoms with Gasteiger partial charge in [0.05, 0.1) is 151 Å². The number of nitrogens with zero attached hydrogens (tertiary/aromatic N) is 2. The molecule has 392 valence electrons. The number of rotatable bonds is 42. The summed E-state index contributed by atoms with van der Waals surface area (Å²) in [5.74, 6) is -0.380. The van der Waals surface area contributed by atoms with Crippen LogP contribution in [0, 0.1) is 5.41 Å². The van der Waals surface area contributed by atoms with Crippen LogP contribution >= 0.6 is 0 Å². The molecule has 0 spiro atoms. The van der Waals surface area contributed by atoms with Crippen molar-refractivity contribution in [2.24, 2.45) is 16.5 Å². The molecule has 2 rings (SSSR count). The number of hydrogen-bond donors (Lipinski definition) is 4. The lowest BCUT2D eigenvalue weighted by molar-refractivity contribution is -0.181. The van der Waals surface area contributed by atoms with Gasteiger partial charge in [0.25, 0.3) is 5.91 Å². The fraction of sp³-hybridized carbons (Fsp3) is 0.681. The van der Waals surface area contributed by atoms with Crippen LogP contribution in [0.1, 0.15) is 58.1 Å². The van der Waals surface area contributed by atoms with Gasteiger partial charge in [0, 0.05) is 48.6 Å². The molecule has 22 nitrogen and oxygen atoms in total. The Labute approximate surface area is 406 Å². The van der Waals surface area contributed by atoms with Gasteiger partial charge in [-0.1, -0.05) is 19.1 Å². The van der Waals surface area contributed by atoms with Crippen molar-refractivity contribution in [3.05, 3.63) is 41.1 Å². The summed E-state index contributed by atoms with van der Waals surface area (Å²) in [5, 5.41) is 11.4. The molecule has 2 amide bonds. The summed E-state index contributed by atoms with van der Waals surface area (Å²) in [5.41, 5.74) is 14.2. The lowest BCUT2D eigenvalue weighted by Gasteiger charge is -2.22. The van der Waals surface area contributed by atoms with E-state index in [1.54, 1.807) is 24.3 Å². The van der Waals surface area contributed by atoms with Crippen LogP contribution in [-0.4, -0.2) is 199 Å². The molecule has 0 unspecified atom stereocenters. The van der Waals surface area contributed by atoms with E-state index in [9.17, 15) is 14.4 Å². The van der Waals surface area contributed by atoms with E-state index < -0.39 is 11.7 Å². The number of allylic oxidation sites excluding steroid dienone is 1. The molecule has 0 bridgehead atoms. The number of hydroxylamine groups is 2. The largest absolute Gasteiger partial charge is 0.460 e. The van der Waals surface area contributed by atoms with Gasteiger partial charge in [-0.25, -0.2) is 14.9 Å². The predicted octanol–water partition coefficient (Wildman–Crippen LogP) is 3.21. The first-order valence-corrected chi connectivity index (χ1v) is 23.4. The van der Waals surface area contributed by atoms with E-state index in [0.29, 0.717) is 166 Å². The van der Waals surface area contributed by atoms with Gasteiger partial charge >= 0.3 is 12.1 Å². The van der Waals surface area contributed by atoms with Crippen LogP contribution in [0.15, 0.2) is 35.0 Å². The van der Waals surface area contributed by atoms with E-state index in [2.05, 4.69) is 10.3 Å². The van der Waals surface area contributed by atoms with Gasteiger partial charge in [0.15, 0.2) is 0 Å². The van der Waals surface area contributed by atoms with Crippen LogP contribution in [0.25, 0.3) is 11.6 Å². The standard InChI is InChI=1S/C47H78N6O16/c1-5-10-53(45(55)40-33-39-7-6-38(41(36-48)37-49)34-42(39)52-43(50)35-40)68-12-9-51-46(56)67-32-31-66-30-29-65-28-27-64-26-25-63-24-23-62-22-21-61-20-19-60-18-17-59-16-15-58-14-13-57-11-8-44(54)69-47(2,3)4/h6-7,33-34,36-37,48H,5,8-32,35,49H2,1-4H3,(H2,50,52)(H,51,56)/b41-37+,48-36?. The maximum Gasteiger partial charge on any atom is 0.407 e. The minimum atomic E-state index is -0.639. The fourth-order valence-electron chi connectivity index (χ4n) is 5.71. The molecule has 0 fully saturated rings. The number of benzene rings is 1. The second kappa shape index (κ2) is 39.2. The second-order valence-electron chi connectivity index (χ2n) is 15.8. The third-order valence-corrected chi connectivity index (χ3v) is 8.89. The number of carbonyl (C=O) groups excluding carboxylic acids is 3. The zero-order valence-corrected chi connectivity index (χ0v) is 41.1. The van der Waals surface area contributed by atoms with Gasteiger partial charge in [0.1, 0.15) is 18.0 Å². The highest BCUT2D eigenvalue weighted by Crippen LogP contribution is 2.30. The number of fused-ring (bicyclic) bond motifs is 1. The van der Waals surface area contributed by atoms with Gasteiger partial charge in [-0.05, 0) is 44.9 Å². The Balaban J connectivity index is 1.32. The molecule has 0 saturated carbocycles. The van der Waals surface area contributed by atoms with Gasteiger partial charge < -0.3 is 79.0 Å². The topological polar surface area (TPSA) is 275 Å². The summed E-state index contributed by atoms with van der Waals surface area (Å²) >= 11 is 0. The number of alkyl carbamates (subject to hydrolysis) is 1. The molecular formula is C47H78N6O16. The molecule has 1 aliphatic rings. The number of amidine groups is 1. The highest BCUT2D eigenvalue weighted by molar-refractivity contribution is 6.09. The SMILES string of the molecule is CCCN(OCCNC(=O)OCCOCCOCCOCCOCCOCCOCCOCCOCCOCCOCCC(=O)OC(C)(C)C)C(=O)C1=Cc2ccc(/C(C=N)=C/N)cc2N=C(N)C1. The van der Waals surface area contributed by atoms with E-state index in [1.807, 2.05) is 27.7 Å². The second-order valence-corrected chi connectivity index (χ2v) is 15.8. The molecule has 0 atom stereocenters. The summed E-state index contributed by atoms with van der Waals surface area (Å²) in [7, 11) is 0. The van der Waals surface area contributed by atoms with E-state index in [-0.39, 0.29) is 56.9 Å². The van der Waals surface area contributed by atoms with Crippen LogP contribution in [-0.2, 0) is 71.3 Å². The number of aliphatic imine (C=N–C) groups is 1. The van der Waals surface area contributed by atoms with Crippen LogP contribution in [0.3, 0.4) is 0 Å². The Morgan fingerprint density at radius 1 is 0.710 bits per heavy atom. The Bertz CT molecular complexity index is 1680. The summed E-state index contributed by atoms with van der Waals surface area (Å²) in [6, 6.07) is 5.36. The van der Waals surface area contributed by atoms with Crippen molar-refractivity contribution in [3.8, 4) is 0 Å². The van der Waals surface area contributed by atoms with Crippen molar-refractivity contribution >= 4 is 47.4 Å². The number of nitrogens with two attached hydrogens (primary N) is 2. The molecule has 0 saturated heterocycles. The highest BCUT2D eigenvalue weighted by atomic mass is 16.7. The normalized spacial score (nSPS) is 12.7. The maximum atomic E-state index is 13.5. The van der Waals surface area contributed by atoms with Crippen molar-refractivity contribution in [2.75, 3.05) is 158 Å². The summed E-state index contributed by atoms with van der Waals surface area (Å²) in [6.45, 7) is 16.2. The molecule has 0 aromatic heterocycles. The Morgan fingerprint density at radius 3 is 1.61 bits per heavy atom. The minimum absolute atomic E-state index is 0.0321. The zero-order chi connectivity index (χ0) is 50.2. The molecule has 0 radical (unpaired) electrons. The van der Waals surface area contributed by atoms with E-state index in [4.69, 9.17) is 78.6 Å². The number of carbonyl (C=O) groups is 3. The third-order valence-electron chi connectivity index (χ3n) is 8.89. The number of esters is 1. The molecule has 1 aromatic carbocycles. The number of ether oxygens (including phenoxy) is 12.